The van der Waals surface area contributed by atoms with Gasteiger partial charge in [0, 0.05) is 11.4 Å². The Kier molecular flexibility index (Phi) is 5.75. The van der Waals surface area contributed by atoms with Crippen molar-refractivity contribution in [3.05, 3.63) is 90.8 Å². The lowest BCUT2D eigenvalue weighted by Crippen LogP contribution is -2.06. The molecule has 0 fully saturated rings. The molecule has 0 aliphatic carbocycles. The maximum atomic E-state index is 6.33. The van der Waals surface area contributed by atoms with E-state index < -0.39 is 0 Å². The third-order valence-electron chi connectivity index (χ3n) is 4.63. The van der Waals surface area contributed by atoms with Crippen LogP contribution in [-0.2, 0) is 6.42 Å². The van der Waals surface area contributed by atoms with E-state index in [-0.39, 0.29) is 0 Å². The fourth-order valence-corrected chi connectivity index (χ4v) is 3.04. The lowest BCUT2D eigenvalue weighted by molar-refractivity contribution is 0.483. The second kappa shape index (κ2) is 8.96. The second-order valence-electron chi connectivity index (χ2n) is 6.68. The van der Waals surface area contributed by atoms with Gasteiger partial charge in [-0.05, 0) is 54.4 Å². The highest BCUT2D eigenvalue weighted by atomic mass is 16.5. The number of aromatic nitrogens is 2. The molecule has 0 radical (unpaired) electrons. The van der Waals surface area contributed by atoms with Crippen molar-refractivity contribution < 1.29 is 4.74 Å². The Morgan fingerprint density at radius 3 is 2.13 bits per heavy atom. The number of hydrogen-bond acceptors (Lipinski definition) is 6. The van der Waals surface area contributed by atoms with Gasteiger partial charge in [0.15, 0.2) is 11.6 Å². The molecule has 0 atom stereocenters. The number of nitrogens with one attached hydrogen (secondary N) is 2. The predicted octanol–water partition coefficient (Wildman–Crippen LogP) is 5.90. The lowest BCUT2D eigenvalue weighted by atomic mass is 10.1. The molecule has 30 heavy (non-hydrogen) atoms. The largest absolute Gasteiger partial charge is 0.457 e. The highest BCUT2D eigenvalue weighted by molar-refractivity contribution is 5.80. The maximum absolute atomic E-state index is 6.33. The summed E-state index contributed by atoms with van der Waals surface area (Å²) in [6.07, 6.45) is 2.40. The van der Waals surface area contributed by atoms with Crippen LogP contribution < -0.4 is 21.1 Å². The van der Waals surface area contributed by atoms with Gasteiger partial charge < -0.3 is 21.1 Å². The summed E-state index contributed by atoms with van der Waals surface area (Å²) in [4.78, 5) is 8.60. The molecule has 4 aromatic rings. The topological polar surface area (TPSA) is 85.1 Å². The molecule has 0 amide bonds. The maximum Gasteiger partial charge on any atom is 0.159 e. The van der Waals surface area contributed by atoms with Gasteiger partial charge in [0.2, 0.25) is 0 Å². The van der Waals surface area contributed by atoms with E-state index in [1.54, 1.807) is 0 Å². The number of rotatable bonds is 7. The van der Waals surface area contributed by atoms with Crippen molar-refractivity contribution in [1.82, 2.24) is 9.97 Å². The van der Waals surface area contributed by atoms with Crippen LogP contribution in [0.5, 0.6) is 11.5 Å². The Labute approximate surface area is 175 Å². The van der Waals surface area contributed by atoms with Crippen LogP contribution in [0.2, 0.25) is 0 Å². The Bertz CT molecular complexity index is 1110. The van der Waals surface area contributed by atoms with E-state index in [9.17, 15) is 0 Å². The number of aryl methyl sites for hydroxylation is 1. The van der Waals surface area contributed by atoms with Crippen LogP contribution in [0, 0.1) is 0 Å². The SMILES string of the molecule is CCc1ccccc1Nc1ncnc(Nc2ccc(Oc3ccccc3)cc2)c1N. The van der Waals surface area contributed by atoms with E-state index in [0.717, 1.165) is 29.3 Å². The summed E-state index contributed by atoms with van der Waals surface area (Å²) in [7, 11) is 0. The smallest absolute Gasteiger partial charge is 0.159 e. The van der Waals surface area contributed by atoms with Crippen LogP contribution in [-0.4, -0.2) is 9.97 Å². The molecule has 150 valence electrons. The number of hydrogen-bond donors (Lipinski definition) is 3. The fraction of sp³-hybridized carbons (Fsp3) is 0.0833. The van der Waals surface area contributed by atoms with Crippen LogP contribution in [0.25, 0.3) is 0 Å². The number of nitrogens with two attached hydrogens (primary N) is 1. The molecule has 0 bridgehead atoms. The van der Waals surface area contributed by atoms with Crippen LogP contribution in [0.1, 0.15) is 12.5 Å². The van der Waals surface area contributed by atoms with E-state index >= 15 is 0 Å². The van der Waals surface area contributed by atoms with Crippen molar-refractivity contribution in [2.45, 2.75) is 13.3 Å². The van der Waals surface area contributed by atoms with E-state index in [2.05, 4.69) is 33.6 Å². The normalized spacial score (nSPS) is 10.4. The summed E-state index contributed by atoms with van der Waals surface area (Å²) in [5.41, 5.74) is 9.81. The standard InChI is InChI=1S/C24H23N5O/c1-2-17-8-6-7-11-21(17)29-24-22(25)23(26-16-27-24)28-18-12-14-20(15-13-18)30-19-9-4-3-5-10-19/h3-16H,2,25H2,1H3,(H2,26,27,28,29). The molecular weight excluding hydrogens is 374 g/mol. The van der Waals surface area contributed by atoms with Crippen LogP contribution in [0.4, 0.5) is 28.7 Å². The van der Waals surface area contributed by atoms with Crippen LogP contribution >= 0.6 is 0 Å². The molecule has 0 spiro atoms. The van der Waals surface area contributed by atoms with Gasteiger partial charge in [-0.15, -0.1) is 0 Å². The van der Waals surface area contributed by atoms with Gasteiger partial charge in [-0.2, -0.15) is 0 Å². The molecule has 0 saturated carbocycles. The van der Waals surface area contributed by atoms with Gasteiger partial charge in [-0.3, -0.25) is 0 Å². The third kappa shape index (κ3) is 4.50. The first-order valence-corrected chi connectivity index (χ1v) is 9.78. The van der Waals surface area contributed by atoms with E-state index in [4.69, 9.17) is 10.5 Å². The van der Waals surface area contributed by atoms with Gasteiger partial charge in [-0.25, -0.2) is 9.97 Å². The molecule has 0 aliphatic rings. The number of ether oxygens (including phenoxy) is 1. The second-order valence-corrected chi connectivity index (χ2v) is 6.68. The number of benzene rings is 3. The van der Waals surface area contributed by atoms with Crippen LogP contribution in [0.3, 0.4) is 0 Å². The zero-order valence-corrected chi connectivity index (χ0v) is 16.7. The highest BCUT2D eigenvalue weighted by Gasteiger charge is 2.10. The number of para-hydroxylation sites is 2. The zero-order chi connectivity index (χ0) is 20.8. The van der Waals surface area contributed by atoms with E-state index in [1.165, 1.54) is 11.9 Å². The average Bonchev–Trinajstić information content (AvgIpc) is 2.79. The first-order chi connectivity index (χ1) is 14.7. The minimum absolute atomic E-state index is 0.452. The molecule has 4 N–H and O–H groups in total. The first kappa shape index (κ1) is 19.3. The Balaban J connectivity index is 1.49. The third-order valence-corrected chi connectivity index (χ3v) is 4.63. The van der Waals surface area contributed by atoms with Gasteiger partial charge >= 0.3 is 0 Å². The molecule has 6 nitrogen and oxygen atoms in total. The van der Waals surface area contributed by atoms with Gasteiger partial charge in [-0.1, -0.05) is 43.3 Å². The summed E-state index contributed by atoms with van der Waals surface area (Å²) in [6, 6.07) is 25.4. The first-order valence-electron chi connectivity index (χ1n) is 9.78. The molecule has 1 aromatic heterocycles. The molecule has 0 saturated heterocycles. The summed E-state index contributed by atoms with van der Waals surface area (Å²) < 4.78 is 5.83. The predicted molar refractivity (Wildman–Crippen MR) is 122 cm³/mol. The summed E-state index contributed by atoms with van der Waals surface area (Å²) >= 11 is 0. The van der Waals surface area contributed by atoms with Gasteiger partial charge in [0.25, 0.3) is 0 Å². The molecular formula is C24H23N5O. The average molecular weight is 397 g/mol. The Morgan fingerprint density at radius 1 is 0.767 bits per heavy atom. The van der Waals surface area contributed by atoms with Crippen molar-refractivity contribution in [2.75, 3.05) is 16.4 Å². The highest BCUT2D eigenvalue weighted by Crippen LogP contribution is 2.30. The van der Waals surface area contributed by atoms with Crippen molar-refractivity contribution in [3.8, 4) is 11.5 Å². The van der Waals surface area contributed by atoms with Crippen molar-refractivity contribution >= 4 is 28.7 Å². The van der Waals surface area contributed by atoms with E-state index in [0.29, 0.717) is 17.3 Å². The lowest BCUT2D eigenvalue weighted by Gasteiger charge is -2.14. The molecule has 1 heterocycles. The van der Waals surface area contributed by atoms with Gasteiger partial charge in [0.1, 0.15) is 23.5 Å². The molecule has 6 heteroatoms. The van der Waals surface area contributed by atoms with Gasteiger partial charge in [0.05, 0.1) is 0 Å². The molecule has 4 rings (SSSR count). The molecule has 0 unspecified atom stereocenters. The van der Waals surface area contributed by atoms with Crippen molar-refractivity contribution in [1.29, 1.82) is 0 Å². The zero-order valence-electron chi connectivity index (χ0n) is 16.7. The Hall–Kier alpha value is -4.06. The van der Waals surface area contributed by atoms with Crippen molar-refractivity contribution in [2.24, 2.45) is 0 Å². The number of nitrogen functional groups attached to an aromatic ring is 1. The number of nitrogens with zero attached hydrogens (tertiary/aromatic N) is 2. The minimum atomic E-state index is 0.452. The molecule has 0 aliphatic heterocycles. The minimum Gasteiger partial charge on any atom is -0.457 e. The van der Waals surface area contributed by atoms with Crippen molar-refractivity contribution in [3.63, 3.8) is 0 Å². The van der Waals surface area contributed by atoms with E-state index in [1.807, 2.05) is 72.8 Å². The Morgan fingerprint density at radius 2 is 1.40 bits per heavy atom. The van der Waals surface area contributed by atoms with Crippen LogP contribution in [0.15, 0.2) is 85.2 Å². The quantitative estimate of drug-likeness (QED) is 0.360. The monoisotopic (exact) mass is 397 g/mol. The summed E-state index contributed by atoms with van der Waals surface area (Å²) in [5.74, 6) is 2.65. The fourth-order valence-electron chi connectivity index (χ4n) is 3.04. The summed E-state index contributed by atoms with van der Waals surface area (Å²) in [6.45, 7) is 2.11. The number of anilines is 5. The molecule has 3 aromatic carbocycles. The summed E-state index contributed by atoms with van der Waals surface area (Å²) in [5, 5.41) is 6.56.